The molecule has 2 amide bonds. The molecule has 4 rings (SSSR count). The second-order valence-corrected chi connectivity index (χ2v) is 8.42. The number of amides is 2. The van der Waals surface area contributed by atoms with Crippen molar-refractivity contribution in [2.45, 2.75) is 26.2 Å². The molecule has 2 aromatic heterocycles. The zero-order valence-corrected chi connectivity index (χ0v) is 17.0. The zero-order valence-electron chi connectivity index (χ0n) is 16.1. The van der Waals surface area contributed by atoms with Crippen LogP contribution in [0, 0.1) is 16.0 Å². The van der Waals surface area contributed by atoms with Gasteiger partial charge in [0.05, 0.1) is 16.1 Å². The minimum atomic E-state index is -0.572. The molecule has 0 saturated carbocycles. The number of fused-ring (bicyclic) bond motifs is 1. The zero-order chi connectivity index (χ0) is 21.4. The number of furan rings is 1. The second kappa shape index (κ2) is 7.75. The van der Waals surface area contributed by atoms with Gasteiger partial charge < -0.3 is 15.5 Å². The number of nitrogens with zero attached hydrogens (tertiary/aromatic N) is 1. The Balaban J connectivity index is 1.62. The SMILES string of the molecule is CC1CCc2c(sc(NC(=O)c3ccc(-c4ccccc4[N+](=O)[O-])o3)c2C(N)=O)C1. The number of primary amides is 1. The predicted molar refractivity (Wildman–Crippen MR) is 113 cm³/mol. The van der Waals surface area contributed by atoms with Crippen LogP contribution in [0.15, 0.2) is 40.8 Å². The molecule has 0 bridgehead atoms. The number of rotatable bonds is 5. The summed E-state index contributed by atoms with van der Waals surface area (Å²) < 4.78 is 5.59. The highest BCUT2D eigenvalue weighted by Gasteiger charge is 2.28. The van der Waals surface area contributed by atoms with Crippen LogP contribution in [-0.2, 0) is 12.8 Å². The lowest BCUT2D eigenvalue weighted by Crippen LogP contribution is -2.19. The summed E-state index contributed by atoms with van der Waals surface area (Å²) in [7, 11) is 0. The van der Waals surface area contributed by atoms with Crippen molar-refractivity contribution < 1.29 is 18.9 Å². The number of anilines is 1. The topological polar surface area (TPSA) is 128 Å². The van der Waals surface area contributed by atoms with Crippen molar-refractivity contribution in [3.05, 3.63) is 68.3 Å². The van der Waals surface area contributed by atoms with Gasteiger partial charge in [0.15, 0.2) is 5.76 Å². The van der Waals surface area contributed by atoms with Crippen molar-refractivity contribution >= 4 is 33.8 Å². The molecule has 1 aromatic carbocycles. The molecule has 1 unspecified atom stereocenters. The molecule has 1 aliphatic carbocycles. The van der Waals surface area contributed by atoms with E-state index < -0.39 is 16.7 Å². The summed E-state index contributed by atoms with van der Waals surface area (Å²) in [6.45, 7) is 2.15. The smallest absolute Gasteiger partial charge is 0.292 e. The minimum Gasteiger partial charge on any atom is -0.451 e. The lowest BCUT2D eigenvalue weighted by atomic mass is 9.88. The van der Waals surface area contributed by atoms with Crippen LogP contribution < -0.4 is 11.1 Å². The molecule has 30 heavy (non-hydrogen) atoms. The molecule has 1 atom stereocenters. The molecule has 0 spiro atoms. The summed E-state index contributed by atoms with van der Waals surface area (Å²) in [6.07, 6.45) is 2.57. The molecule has 1 aliphatic rings. The van der Waals surface area contributed by atoms with Gasteiger partial charge in [-0.15, -0.1) is 11.3 Å². The summed E-state index contributed by atoms with van der Waals surface area (Å²) in [5.41, 5.74) is 7.03. The average molecular weight is 425 g/mol. The first kappa shape index (κ1) is 19.8. The van der Waals surface area contributed by atoms with Gasteiger partial charge in [-0.05, 0) is 48.9 Å². The van der Waals surface area contributed by atoms with E-state index in [4.69, 9.17) is 10.2 Å². The molecule has 154 valence electrons. The Bertz CT molecular complexity index is 1160. The van der Waals surface area contributed by atoms with Crippen LogP contribution in [-0.4, -0.2) is 16.7 Å². The van der Waals surface area contributed by atoms with Crippen LogP contribution in [0.5, 0.6) is 0 Å². The van der Waals surface area contributed by atoms with Crippen molar-refractivity contribution in [3.8, 4) is 11.3 Å². The standard InChI is InChI=1S/C21H19N3O5S/c1-11-6-7-13-17(10-11)30-21(18(13)19(22)25)23-20(26)16-9-8-15(29-16)12-4-2-3-5-14(12)24(27)28/h2-5,8-9,11H,6-7,10H2,1H3,(H2,22,25)(H,23,26). The fourth-order valence-corrected chi connectivity index (χ4v) is 5.12. The van der Waals surface area contributed by atoms with Gasteiger partial charge in [-0.25, -0.2) is 0 Å². The number of hydrogen-bond acceptors (Lipinski definition) is 6. The van der Waals surface area contributed by atoms with Crippen molar-refractivity contribution in [2.24, 2.45) is 11.7 Å². The normalized spacial score (nSPS) is 15.4. The van der Waals surface area contributed by atoms with Crippen molar-refractivity contribution in [1.29, 1.82) is 0 Å². The number of benzene rings is 1. The molecule has 0 fully saturated rings. The maximum absolute atomic E-state index is 12.7. The van der Waals surface area contributed by atoms with E-state index in [1.165, 1.54) is 29.5 Å². The fourth-order valence-electron chi connectivity index (χ4n) is 3.71. The Kier molecular flexibility index (Phi) is 5.13. The Morgan fingerprint density at radius 1 is 1.27 bits per heavy atom. The molecule has 0 aliphatic heterocycles. The average Bonchev–Trinajstić information content (AvgIpc) is 3.32. The van der Waals surface area contributed by atoms with E-state index in [-0.39, 0.29) is 22.8 Å². The lowest BCUT2D eigenvalue weighted by Gasteiger charge is -2.18. The predicted octanol–water partition coefficient (Wildman–Crippen LogP) is 4.39. The molecular weight excluding hydrogens is 406 g/mol. The first-order valence-electron chi connectivity index (χ1n) is 9.44. The van der Waals surface area contributed by atoms with E-state index in [9.17, 15) is 19.7 Å². The number of nitrogens with one attached hydrogen (secondary N) is 1. The van der Waals surface area contributed by atoms with Crippen molar-refractivity contribution in [3.63, 3.8) is 0 Å². The van der Waals surface area contributed by atoms with E-state index in [0.29, 0.717) is 16.5 Å². The lowest BCUT2D eigenvalue weighted by molar-refractivity contribution is -0.384. The monoisotopic (exact) mass is 425 g/mol. The Labute approximate surface area is 175 Å². The first-order chi connectivity index (χ1) is 14.3. The van der Waals surface area contributed by atoms with Gasteiger partial charge in [0.1, 0.15) is 10.8 Å². The maximum Gasteiger partial charge on any atom is 0.292 e. The van der Waals surface area contributed by atoms with E-state index in [1.54, 1.807) is 18.2 Å². The van der Waals surface area contributed by atoms with Crippen LogP contribution in [0.1, 0.15) is 44.7 Å². The van der Waals surface area contributed by atoms with Crippen LogP contribution >= 0.6 is 11.3 Å². The number of nitro groups is 1. The Hall–Kier alpha value is -3.46. The molecule has 3 aromatic rings. The quantitative estimate of drug-likeness (QED) is 0.463. The van der Waals surface area contributed by atoms with Crippen LogP contribution in [0.25, 0.3) is 11.3 Å². The Morgan fingerprint density at radius 2 is 2.03 bits per heavy atom. The second-order valence-electron chi connectivity index (χ2n) is 7.31. The number of nitrogens with two attached hydrogens (primary N) is 1. The van der Waals surface area contributed by atoms with Gasteiger partial charge >= 0.3 is 0 Å². The summed E-state index contributed by atoms with van der Waals surface area (Å²) in [5, 5.41) is 14.4. The third-order valence-electron chi connectivity index (χ3n) is 5.18. The van der Waals surface area contributed by atoms with E-state index in [2.05, 4.69) is 12.2 Å². The highest BCUT2D eigenvalue weighted by Crippen LogP contribution is 2.40. The Morgan fingerprint density at radius 3 is 2.77 bits per heavy atom. The number of carbonyl (C=O) groups is 2. The summed E-state index contributed by atoms with van der Waals surface area (Å²) in [4.78, 5) is 36.6. The van der Waals surface area contributed by atoms with Crippen LogP contribution in [0.3, 0.4) is 0 Å². The highest BCUT2D eigenvalue weighted by molar-refractivity contribution is 7.17. The molecule has 2 heterocycles. The third kappa shape index (κ3) is 3.59. The first-order valence-corrected chi connectivity index (χ1v) is 10.3. The van der Waals surface area contributed by atoms with Gasteiger partial charge in [0.2, 0.25) is 0 Å². The molecule has 8 nitrogen and oxygen atoms in total. The van der Waals surface area contributed by atoms with Gasteiger partial charge in [0.25, 0.3) is 17.5 Å². The number of para-hydroxylation sites is 1. The van der Waals surface area contributed by atoms with Crippen molar-refractivity contribution in [1.82, 2.24) is 0 Å². The number of thiophene rings is 1. The summed E-state index contributed by atoms with van der Waals surface area (Å²) in [5.74, 6) is -0.415. The summed E-state index contributed by atoms with van der Waals surface area (Å²) >= 11 is 1.36. The molecule has 3 N–H and O–H groups in total. The highest BCUT2D eigenvalue weighted by atomic mass is 32.1. The van der Waals surface area contributed by atoms with Gasteiger partial charge in [-0.2, -0.15) is 0 Å². The number of hydrogen-bond donors (Lipinski definition) is 2. The largest absolute Gasteiger partial charge is 0.451 e. The number of carbonyl (C=O) groups excluding carboxylic acids is 2. The third-order valence-corrected chi connectivity index (χ3v) is 6.35. The minimum absolute atomic E-state index is 0.0155. The van der Waals surface area contributed by atoms with Gasteiger partial charge in [0, 0.05) is 10.9 Å². The van der Waals surface area contributed by atoms with E-state index >= 15 is 0 Å². The van der Waals surface area contributed by atoms with Gasteiger partial charge in [-0.1, -0.05) is 19.1 Å². The van der Waals surface area contributed by atoms with Crippen molar-refractivity contribution in [2.75, 3.05) is 5.32 Å². The number of nitro benzene ring substituents is 1. The van der Waals surface area contributed by atoms with Gasteiger partial charge in [-0.3, -0.25) is 19.7 Å². The van der Waals surface area contributed by atoms with E-state index in [1.807, 2.05) is 0 Å². The molecule has 9 heteroatoms. The molecule has 0 saturated heterocycles. The molecule has 0 radical (unpaired) electrons. The van der Waals surface area contributed by atoms with Crippen LogP contribution in [0.2, 0.25) is 0 Å². The maximum atomic E-state index is 12.7. The summed E-state index contributed by atoms with van der Waals surface area (Å²) in [6, 6.07) is 9.09. The van der Waals surface area contributed by atoms with E-state index in [0.717, 1.165) is 29.7 Å². The molecular formula is C21H19N3O5S. The fraction of sp³-hybridized carbons (Fsp3) is 0.238. The van der Waals surface area contributed by atoms with Crippen LogP contribution in [0.4, 0.5) is 10.7 Å².